The standard InChI is InChI=1S/C15H23N3O4/c1-15(5-3-2-4-6-15)12-7-13(17-22-12)16-14(21)18-8-10(19)11(20)9-18/h7,10-11,19-20H,2-6,8-9H2,1H3,(H,16,17,21)/t10-,11-/m1/s1. The topological polar surface area (TPSA) is 98.8 Å². The van der Waals surface area contributed by atoms with E-state index in [1.54, 1.807) is 6.07 Å². The van der Waals surface area contributed by atoms with Crippen molar-refractivity contribution in [2.75, 3.05) is 18.4 Å². The lowest BCUT2D eigenvalue weighted by Gasteiger charge is -2.30. The molecule has 0 radical (unpaired) electrons. The van der Waals surface area contributed by atoms with Gasteiger partial charge >= 0.3 is 6.03 Å². The molecule has 0 bridgehead atoms. The molecule has 1 aromatic heterocycles. The molecule has 0 unspecified atom stereocenters. The van der Waals surface area contributed by atoms with Crippen LogP contribution in [0.1, 0.15) is 44.8 Å². The number of amides is 2. The summed E-state index contributed by atoms with van der Waals surface area (Å²) in [6.45, 7) is 2.41. The second-order valence-corrected chi connectivity index (χ2v) is 6.67. The lowest BCUT2D eigenvalue weighted by atomic mass is 9.74. The van der Waals surface area contributed by atoms with E-state index in [9.17, 15) is 15.0 Å². The van der Waals surface area contributed by atoms with Crippen LogP contribution >= 0.6 is 0 Å². The number of aromatic nitrogens is 1. The Morgan fingerprint density at radius 1 is 1.32 bits per heavy atom. The number of carbonyl (C=O) groups excluding carboxylic acids is 1. The molecule has 1 aliphatic heterocycles. The van der Waals surface area contributed by atoms with Gasteiger partial charge in [0.1, 0.15) is 5.76 Å². The van der Waals surface area contributed by atoms with Crippen molar-refractivity contribution in [3.63, 3.8) is 0 Å². The minimum Gasteiger partial charge on any atom is -0.388 e. The van der Waals surface area contributed by atoms with Crippen molar-refractivity contribution in [3.05, 3.63) is 11.8 Å². The number of carbonyl (C=O) groups is 1. The molecule has 1 aromatic rings. The summed E-state index contributed by atoms with van der Waals surface area (Å²) in [4.78, 5) is 13.4. The van der Waals surface area contributed by atoms with Crippen LogP contribution in [-0.2, 0) is 5.41 Å². The van der Waals surface area contributed by atoms with E-state index in [-0.39, 0.29) is 24.5 Å². The van der Waals surface area contributed by atoms with Crippen molar-refractivity contribution in [1.29, 1.82) is 0 Å². The number of likely N-dealkylation sites (tertiary alicyclic amines) is 1. The molecule has 122 valence electrons. The smallest absolute Gasteiger partial charge is 0.323 e. The molecule has 3 rings (SSSR count). The van der Waals surface area contributed by atoms with Crippen LogP contribution in [0, 0.1) is 0 Å². The summed E-state index contributed by atoms with van der Waals surface area (Å²) in [6.07, 6.45) is 3.98. The first-order valence-corrected chi connectivity index (χ1v) is 7.87. The molecule has 7 nitrogen and oxygen atoms in total. The van der Waals surface area contributed by atoms with Crippen LogP contribution in [0.25, 0.3) is 0 Å². The summed E-state index contributed by atoms with van der Waals surface area (Å²) in [6, 6.07) is 1.40. The van der Waals surface area contributed by atoms with E-state index in [1.165, 1.54) is 24.2 Å². The summed E-state index contributed by atoms with van der Waals surface area (Å²) >= 11 is 0. The Bertz CT molecular complexity index is 529. The number of aliphatic hydroxyl groups is 2. The van der Waals surface area contributed by atoms with Crippen LogP contribution in [-0.4, -0.2) is 51.6 Å². The fraction of sp³-hybridized carbons (Fsp3) is 0.733. The molecule has 0 spiro atoms. The van der Waals surface area contributed by atoms with E-state index in [2.05, 4.69) is 17.4 Å². The second kappa shape index (κ2) is 5.89. The van der Waals surface area contributed by atoms with Crippen molar-refractivity contribution in [2.24, 2.45) is 0 Å². The monoisotopic (exact) mass is 309 g/mol. The number of hydrogen-bond donors (Lipinski definition) is 3. The van der Waals surface area contributed by atoms with E-state index in [4.69, 9.17) is 4.52 Å². The molecule has 3 N–H and O–H groups in total. The largest absolute Gasteiger partial charge is 0.388 e. The van der Waals surface area contributed by atoms with Crippen molar-refractivity contribution < 1.29 is 19.5 Å². The number of nitrogens with zero attached hydrogens (tertiary/aromatic N) is 2. The maximum atomic E-state index is 12.1. The van der Waals surface area contributed by atoms with Crippen LogP contribution in [0.4, 0.5) is 10.6 Å². The molecular weight excluding hydrogens is 286 g/mol. The number of rotatable bonds is 2. The van der Waals surface area contributed by atoms with Gasteiger partial charge in [0, 0.05) is 11.5 Å². The Labute approximate surface area is 129 Å². The zero-order valence-electron chi connectivity index (χ0n) is 12.8. The zero-order chi connectivity index (χ0) is 15.7. The number of hydrogen-bond acceptors (Lipinski definition) is 5. The number of aliphatic hydroxyl groups excluding tert-OH is 2. The van der Waals surface area contributed by atoms with Crippen LogP contribution in [0.15, 0.2) is 10.6 Å². The molecular formula is C15H23N3O4. The van der Waals surface area contributed by atoms with Gasteiger partial charge in [0.25, 0.3) is 0 Å². The molecule has 22 heavy (non-hydrogen) atoms. The number of urea groups is 1. The average molecular weight is 309 g/mol. The Morgan fingerprint density at radius 2 is 1.95 bits per heavy atom. The number of nitrogens with one attached hydrogen (secondary N) is 1. The van der Waals surface area contributed by atoms with E-state index >= 15 is 0 Å². The van der Waals surface area contributed by atoms with Gasteiger partial charge in [0.05, 0.1) is 25.3 Å². The van der Waals surface area contributed by atoms with Gasteiger partial charge < -0.3 is 19.6 Å². The predicted molar refractivity (Wildman–Crippen MR) is 79.5 cm³/mol. The Morgan fingerprint density at radius 3 is 2.59 bits per heavy atom. The summed E-state index contributed by atoms with van der Waals surface area (Å²) < 4.78 is 5.43. The zero-order valence-corrected chi connectivity index (χ0v) is 12.8. The summed E-state index contributed by atoms with van der Waals surface area (Å²) in [5.74, 6) is 1.19. The van der Waals surface area contributed by atoms with Gasteiger partial charge in [0.15, 0.2) is 5.82 Å². The SMILES string of the molecule is CC1(c2cc(NC(=O)N3C[C@@H](O)[C@H](O)C3)no2)CCCCC1. The molecule has 0 aromatic carbocycles. The lowest BCUT2D eigenvalue weighted by molar-refractivity contribution is 0.0572. The molecule has 7 heteroatoms. The highest BCUT2D eigenvalue weighted by atomic mass is 16.5. The van der Waals surface area contributed by atoms with Crippen LogP contribution in [0.5, 0.6) is 0 Å². The number of β-amino-alcohol motifs (C(OH)–C–C–N with tert-alkyl or cyclic N) is 2. The number of anilines is 1. The molecule has 2 atom stereocenters. The fourth-order valence-electron chi connectivity index (χ4n) is 3.32. The van der Waals surface area contributed by atoms with Crippen molar-refractivity contribution in [1.82, 2.24) is 10.1 Å². The summed E-state index contributed by atoms with van der Waals surface area (Å²) in [5, 5.41) is 25.6. The quantitative estimate of drug-likeness (QED) is 0.768. The van der Waals surface area contributed by atoms with Crippen molar-refractivity contribution in [3.8, 4) is 0 Å². The van der Waals surface area contributed by atoms with Crippen LogP contribution in [0.3, 0.4) is 0 Å². The first-order valence-electron chi connectivity index (χ1n) is 7.87. The first kappa shape index (κ1) is 15.3. The van der Waals surface area contributed by atoms with Gasteiger partial charge in [-0.3, -0.25) is 5.32 Å². The maximum Gasteiger partial charge on any atom is 0.323 e. The normalized spacial score (nSPS) is 27.9. The highest BCUT2D eigenvalue weighted by Crippen LogP contribution is 2.39. The third-order valence-corrected chi connectivity index (χ3v) is 4.84. The minimum atomic E-state index is -0.889. The van der Waals surface area contributed by atoms with Crippen molar-refractivity contribution in [2.45, 2.75) is 56.7 Å². The second-order valence-electron chi connectivity index (χ2n) is 6.67. The van der Waals surface area contributed by atoms with Gasteiger partial charge in [0.2, 0.25) is 0 Å². The molecule has 1 saturated heterocycles. The highest BCUT2D eigenvalue weighted by Gasteiger charge is 2.35. The van der Waals surface area contributed by atoms with E-state index in [1.807, 2.05) is 0 Å². The Balaban J connectivity index is 1.63. The third-order valence-electron chi connectivity index (χ3n) is 4.84. The highest BCUT2D eigenvalue weighted by molar-refractivity contribution is 5.88. The van der Waals surface area contributed by atoms with Gasteiger partial charge in [-0.1, -0.05) is 31.3 Å². The third kappa shape index (κ3) is 2.96. The van der Waals surface area contributed by atoms with Gasteiger partial charge in [-0.25, -0.2) is 4.79 Å². The first-order chi connectivity index (χ1) is 10.5. The minimum absolute atomic E-state index is 0.00569. The predicted octanol–water partition coefficient (Wildman–Crippen LogP) is 1.47. The maximum absolute atomic E-state index is 12.1. The van der Waals surface area contributed by atoms with E-state index in [0.717, 1.165) is 18.6 Å². The van der Waals surface area contributed by atoms with Crippen molar-refractivity contribution >= 4 is 11.8 Å². The van der Waals surface area contributed by atoms with Gasteiger partial charge in [-0.05, 0) is 12.8 Å². The fourth-order valence-corrected chi connectivity index (χ4v) is 3.32. The molecule has 1 aliphatic carbocycles. The molecule has 2 aliphatic rings. The van der Waals surface area contributed by atoms with Gasteiger partial charge in [-0.15, -0.1) is 0 Å². The molecule has 2 fully saturated rings. The van der Waals surface area contributed by atoms with E-state index < -0.39 is 12.2 Å². The Kier molecular flexibility index (Phi) is 4.10. The van der Waals surface area contributed by atoms with Crippen LogP contribution < -0.4 is 5.32 Å². The lowest BCUT2D eigenvalue weighted by Crippen LogP contribution is -2.34. The Hall–Kier alpha value is -1.60. The molecule has 2 amide bonds. The van der Waals surface area contributed by atoms with E-state index in [0.29, 0.717) is 5.82 Å². The van der Waals surface area contributed by atoms with Gasteiger partial charge in [-0.2, -0.15) is 0 Å². The summed E-state index contributed by atoms with van der Waals surface area (Å²) in [7, 11) is 0. The summed E-state index contributed by atoms with van der Waals surface area (Å²) in [5.41, 5.74) is -0.00569. The molecule has 1 saturated carbocycles. The van der Waals surface area contributed by atoms with Crippen LogP contribution in [0.2, 0.25) is 0 Å². The molecule has 2 heterocycles. The average Bonchev–Trinajstić information content (AvgIpc) is 3.08.